The summed E-state index contributed by atoms with van der Waals surface area (Å²) in [7, 11) is 2.66. The van der Waals surface area contributed by atoms with Gasteiger partial charge in [-0.15, -0.1) is 0 Å². The predicted molar refractivity (Wildman–Crippen MR) is 34.1 cm³/mol. The molecule has 0 atom stereocenters. The van der Waals surface area contributed by atoms with Crippen LogP contribution in [0.1, 0.15) is 6.42 Å². The topological polar surface area (TPSA) is 64.7 Å². The molecule has 11 heavy (non-hydrogen) atoms. The lowest BCUT2D eigenvalue weighted by molar-refractivity contribution is -0.255. The van der Waals surface area contributed by atoms with Gasteiger partial charge in [0.25, 0.3) is 0 Å². The number of hydrogen-bond donors (Lipinski definition) is 0. The van der Waals surface area contributed by atoms with Gasteiger partial charge in [0.05, 0.1) is 13.0 Å². The van der Waals surface area contributed by atoms with Gasteiger partial charge in [0, 0.05) is 14.2 Å². The first-order valence-corrected chi connectivity index (χ1v) is 3.07. The van der Waals surface area contributed by atoms with Crippen LogP contribution >= 0.6 is 0 Å². The molecule has 0 N–H and O–H groups in total. The quantitative estimate of drug-likeness (QED) is 0.420. The zero-order chi connectivity index (χ0) is 8.69. The normalized spacial score (nSPS) is 10.2. The summed E-state index contributed by atoms with van der Waals surface area (Å²) >= 11 is 0. The van der Waals surface area contributed by atoms with E-state index in [0.29, 0.717) is 0 Å². The monoisotopic (exact) mass is 163 g/mol. The Balaban J connectivity index is 3.54. The maximum Gasteiger partial charge on any atom is 0.317 e. The third-order valence-corrected chi connectivity index (χ3v) is 0.919. The highest BCUT2D eigenvalue weighted by Crippen LogP contribution is 1.95. The molecule has 0 aliphatic heterocycles. The van der Waals surface area contributed by atoms with E-state index in [4.69, 9.17) is 0 Å². The molecular weight excluding hydrogens is 152 g/mol. The smallest absolute Gasteiger partial charge is 0.317 e. The van der Waals surface area contributed by atoms with Crippen LogP contribution in [0.4, 0.5) is 0 Å². The molecule has 0 bridgehead atoms. The molecule has 0 fully saturated rings. The number of methoxy groups -OCH3 is 2. The minimum atomic E-state index is -1.01. The summed E-state index contributed by atoms with van der Waals surface area (Å²) in [5.41, 5.74) is 0. The summed E-state index contributed by atoms with van der Waals surface area (Å²) in [4.78, 5) is 10.6. The number of carbonyl (C=O) groups excluding carboxylic acids is 1. The molecule has 0 amide bonds. The molecule has 0 saturated carbocycles. The molecular formula is C6H11O5. The molecule has 0 aromatic heterocycles. The molecule has 0 spiro atoms. The Bertz CT molecular complexity index is 110. The van der Waals surface area contributed by atoms with Crippen molar-refractivity contribution in [2.45, 2.75) is 12.9 Å². The summed E-state index contributed by atoms with van der Waals surface area (Å²) in [5, 5.41) is 9.92. The zero-order valence-corrected chi connectivity index (χ0v) is 6.53. The van der Waals surface area contributed by atoms with Crippen LogP contribution < -0.4 is 0 Å². The molecule has 5 heteroatoms. The highest BCUT2D eigenvalue weighted by molar-refractivity contribution is 5.69. The van der Waals surface area contributed by atoms with Crippen LogP contribution in [0.3, 0.4) is 0 Å². The molecule has 5 nitrogen and oxygen atoms in total. The first-order chi connectivity index (χ1) is 5.24. The number of ether oxygens (including phenoxy) is 3. The summed E-state index contributed by atoms with van der Waals surface area (Å²) in [6, 6.07) is 0. The average Bonchev–Trinajstić information content (AvgIpc) is 2.01. The highest BCUT2D eigenvalue weighted by atomic mass is 16.8. The van der Waals surface area contributed by atoms with E-state index < -0.39 is 19.1 Å². The van der Waals surface area contributed by atoms with Gasteiger partial charge < -0.3 is 14.2 Å². The van der Waals surface area contributed by atoms with Crippen molar-refractivity contribution in [3.05, 3.63) is 0 Å². The van der Waals surface area contributed by atoms with Crippen LogP contribution in [-0.4, -0.2) is 33.3 Å². The molecule has 65 valence electrons. The van der Waals surface area contributed by atoms with Crippen molar-refractivity contribution < 1.29 is 24.1 Å². The molecule has 0 unspecified atom stereocenters. The van der Waals surface area contributed by atoms with Crippen molar-refractivity contribution in [1.29, 1.82) is 0 Å². The molecule has 1 radical (unpaired) electrons. The third-order valence-electron chi connectivity index (χ3n) is 0.919. The first kappa shape index (κ1) is 10.3. The van der Waals surface area contributed by atoms with Crippen LogP contribution in [0.2, 0.25) is 0 Å². The van der Waals surface area contributed by atoms with E-state index in [0.717, 1.165) is 0 Å². The van der Waals surface area contributed by atoms with Crippen molar-refractivity contribution in [3.8, 4) is 0 Å². The van der Waals surface area contributed by atoms with Crippen LogP contribution in [0.5, 0.6) is 0 Å². The second-order valence-corrected chi connectivity index (χ2v) is 1.70. The summed E-state index contributed by atoms with van der Waals surface area (Å²) in [5.74, 6) is -0.617. The zero-order valence-electron chi connectivity index (χ0n) is 6.53. The average molecular weight is 163 g/mol. The van der Waals surface area contributed by atoms with Crippen molar-refractivity contribution >= 4 is 5.97 Å². The van der Waals surface area contributed by atoms with E-state index in [1.165, 1.54) is 14.2 Å². The van der Waals surface area contributed by atoms with Crippen molar-refractivity contribution in [2.24, 2.45) is 0 Å². The Morgan fingerprint density at radius 1 is 1.36 bits per heavy atom. The largest absolute Gasteiger partial charge is 0.410 e. The standard InChI is InChI=1S/C6H11O5/c1-9-6(10-2)11-5(8)3-4-7/h6H,3-4H2,1-2H3. The van der Waals surface area contributed by atoms with Crippen LogP contribution in [-0.2, 0) is 24.1 Å². The second-order valence-electron chi connectivity index (χ2n) is 1.70. The second kappa shape index (κ2) is 6.09. The van der Waals surface area contributed by atoms with E-state index >= 15 is 0 Å². The molecule has 0 saturated heterocycles. The van der Waals surface area contributed by atoms with Crippen molar-refractivity contribution in [2.75, 3.05) is 20.8 Å². The van der Waals surface area contributed by atoms with E-state index in [9.17, 15) is 9.90 Å². The highest BCUT2D eigenvalue weighted by Gasteiger charge is 2.10. The Hall–Kier alpha value is -0.650. The van der Waals surface area contributed by atoms with Gasteiger partial charge in [-0.05, 0) is 0 Å². The van der Waals surface area contributed by atoms with Gasteiger partial charge in [-0.2, -0.15) is 0 Å². The molecule has 0 aliphatic rings. The minimum Gasteiger partial charge on any atom is -0.410 e. The lowest BCUT2D eigenvalue weighted by Gasteiger charge is -2.12. The lowest BCUT2D eigenvalue weighted by Crippen LogP contribution is -2.22. The molecule has 0 rings (SSSR count). The fourth-order valence-corrected chi connectivity index (χ4v) is 0.442. The third kappa shape index (κ3) is 4.72. The molecule has 0 aromatic carbocycles. The maximum absolute atomic E-state index is 10.6. The van der Waals surface area contributed by atoms with E-state index in [2.05, 4.69) is 14.2 Å². The number of carbonyl (C=O) groups is 1. The first-order valence-electron chi connectivity index (χ1n) is 3.07. The number of hydrogen-bond acceptors (Lipinski definition) is 4. The maximum atomic E-state index is 10.6. The molecule has 0 aliphatic carbocycles. The van der Waals surface area contributed by atoms with Crippen LogP contribution in [0.15, 0.2) is 0 Å². The Labute approximate surface area is 64.9 Å². The summed E-state index contributed by atoms with van der Waals surface area (Å²) in [6.07, 6.45) is -0.163. The van der Waals surface area contributed by atoms with Gasteiger partial charge in [0.2, 0.25) is 0 Å². The number of rotatable bonds is 5. The van der Waals surface area contributed by atoms with Gasteiger partial charge in [-0.25, -0.2) is 5.11 Å². The fraction of sp³-hybridized carbons (Fsp3) is 0.833. The van der Waals surface area contributed by atoms with Gasteiger partial charge >= 0.3 is 12.4 Å². The SMILES string of the molecule is COC(OC)OC(=O)CC[O]. The summed E-state index contributed by atoms with van der Waals surface area (Å²) < 4.78 is 13.6. The number of esters is 1. The van der Waals surface area contributed by atoms with E-state index in [1.807, 2.05) is 0 Å². The van der Waals surface area contributed by atoms with Gasteiger partial charge in [-0.1, -0.05) is 0 Å². The predicted octanol–water partition coefficient (Wildman–Crippen LogP) is -0.0734. The Kier molecular flexibility index (Phi) is 5.73. The molecule has 0 heterocycles. The van der Waals surface area contributed by atoms with Crippen molar-refractivity contribution in [3.63, 3.8) is 0 Å². The summed E-state index contributed by atoms with van der Waals surface area (Å²) in [6.45, 7) is -1.49. The van der Waals surface area contributed by atoms with Gasteiger partial charge in [0.15, 0.2) is 0 Å². The van der Waals surface area contributed by atoms with Gasteiger partial charge in [-0.3, -0.25) is 4.79 Å². The minimum absolute atomic E-state index is 0.163. The van der Waals surface area contributed by atoms with Gasteiger partial charge in [0.1, 0.15) is 0 Å². The Morgan fingerprint density at radius 3 is 2.27 bits per heavy atom. The Morgan fingerprint density at radius 2 is 1.91 bits per heavy atom. The fourth-order valence-electron chi connectivity index (χ4n) is 0.442. The van der Waals surface area contributed by atoms with E-state index in [1.54, 1.807) is 0 Å². The van der Waals surface area contributed by atoms with E-state index in [-0.39, 0.29) is 6.42 Å². The lowest BCUT2D eigenvalue weighted by atomic mass is 10.5. The van der Waals surface area contributed by atoms with Crippen molar-refractivity contribution in [1.82, 2.24) is 0 Å². The van der Waals surface area contributed by atoms with Crippen LogP contribution in [0, 0.1) is 0 Å². The molecule has 0 aromatic rings. The van der Waals surface area contributed by atoms with Crippen LogP contribution in [0.25, 0.3) is 0 Å².